The Morgan fingerprint density at radius 3 is 2.53 bits per heavy atom. The van der Waals surface area contributed by atoms with E-state index in [1.165, 1.54) is 0 Å². The summed E-state index contributed by atoms with van der Waals surface area (Å²) in [5.41, 5.74) is 0.929. The first-order valence-electron chi connectivity index (χ1n) is 5.50. The van der Waals surface area contributed by atoms with E-state index >= 15 is 0 Å². The molecular formula is C13H17NO3. The highest BCUT2D eigenvalue weighted by Crippen LogP contribution is 2.02. The summed E-state index contributed by atoms with van der Waals surface area (Å²) in [6.07, 6.45) is -0.632. The molecule has 0 unspecified atom stereocenters. The smallest absolute Gasteiger partial charge is 0.436 e. The second-order valence-electron chi connectivity index (χ2n) is 3.84. The lowest BCUT2D eigenvalue weighted by molar-refractivity contribution is 0.148. The maximum atomic E-state index is 11.3. The summed E-state index contributed by atoms with van der Waals surface area (Å²) in [7, 11) is 0. The number of amides is 1. The molecule has 0 aromatic heterocycles. The fraction of sp³-hybridized carbons (Fsp3) is 0.385. The predicted octanol–water partition coefficient (Wildman–Crippen LogP) is 3.17. The van der Waals surface area contributed by atoms with Gasteiger partial charge in [-0.2, -0.15) is 0 Å². The topological polar surface area (TPSA) is 47.9 Å². The Morgan fingerprint density at radius 1 is 1.29 bits per heavy atom. The number of nitrogens with zero attached hydrogens (tertiary/aromatic N) is 1. The van der Waals surface area contributed by atoms with Crippen molar-refractivity contribution in [2.24, 2.45) is 4.99 Å². The first-order chi connectivity index (χ1) is 8.08. The molecule has 0 saturated carbocycles. The van der Waals surface area contributed by atoms with Crippen LogP contribution in [0.5, 0.6) is 0 Å². The van der Waals surface area contributed by atoms with Crippen LogP contribution in [0.2, 0.25) is 0 Å². The number of aliphatic imine (C=N–C) groups is 1. The number of carbonyl (C=O) groups is 1. The van der Waals surface area contributed by atoms with Crippen LogP contribution in [0.15, 0.2) is 35.3 Å². The summed E-state index contributed by atoms with van der Waals surface area (Å²) in [6, 6.07) is 9.45. The molecule has 0 aliphatic rings. The van der Waals surface area contributed by atoms with Gasteiger partial charge in [0.25, 0.3) is 0 Å². The zero-order valence-electron chi connectivity index (χ0n) is 10.3. The van der Waals surface area contributed by atoms with Gasteiger partial charge in [0.05, 0.1) is 6.10 Å². The van der Waals surface area contributed by atoms with Crippen LogP contribution in [-0.2, 0) is 16.1 Å². The van der Waals surface area contributed by atoms with Gasteiger partial charge in [-0.05, 0) is 19.4 Å². The van der Waals surface area contributed by atoms with E-state index < -0.39 is 6.09 Å². The molecule has 0 saturated heterocycles. The van der Waals surface area contributed by atoms with E-state index in [0.717, 1.165) is 5.56 Å². The minimum Gasteiger partial charge on any atom is -0.478 e. The lowest BCUT2D eigenvalue weighted by atomic mass is 10.2. The summed E-state index contributed by atoms with van der Waals surface area (Å²) >= 11 is 0. The molecule has 4 heteroatoms. The molecule has 0 spiro atoms. The van der Waals surface area contributed by atoms with Crippen LogP contribution in [-0.4, -0.2) is 18.1 Å². The Kier molecular flexibility index (Phi) is 5.20. The first-order valence-corrected chi connectivity index (χ1v) is 5.50. The maximum absolute atomic E-state index is 11.3. The normalized spacial score (nSPS) is 11.4. The minimum absolute atomic E-state index is 0.000623. The molecule has 0 atom stereocenters. The van der Waals surface area contributed by atoms with E-state index in [-0.39, 0.29) is 12.7 Å². The van der Waals surface area contributed by atoms with Crippen LogP contribution < -0.4 is 0 Å². The molecule has 0 aliphatic carbocycles. The molecule has 0 bridgehead atoms. The molecule has 0 aliphatic heterocycles. The van der Waals surface area contributed by atoms with Gasteiger partial charge in [-0.25, -0.2) is 4.79 Å². The van der Waals surface area contributed by atoms with Gasteiger partial charge in [0.2, 0.25) is 0 Å². The van der Waals surface area contributed by atoms with Crippen LogP contribution >= 0.6 is 0 Å². The fourth-order valence-corrected chi connectivity index (χ4v) is 1.25. The van der Waals surface area contributed by atoms with E-state index in [4.69, 9.17) is 9.47 Å². The van der Waals surface area contributed by atoms with Gasteiger partial charge in [-0.3, -0.25) is 0 Å². The highest BCUT2D eigenvalue weighted by molar-refractivity contribution is 5.86. The maximum Gasteiger partial charge on any atom is 0.436 e. The van der Waals surface area contributed by atoms with Crippen molar-refractivity contribution in [2.75, 3.05) is 0 Å². The Hall–Kier alpha value is -1.84. The number of rotatable bonds is 3. The Labute approximate surface area is 101 Å². The van der Waals surface area contributed by atoms with Gasteiger partial charge in [-0.1, -0.05) is 30.3 Å². The van der Waals surface area contributed by atoms with Crippen molar-refractivity contribution in [2.45, 2.75) is 33.5 Å². The van der Waals surface area contributed by atoms with Crippen molar-refractivity contribution in [1.82, 2.24) is 0 Å². The fourth-order valence-electron chi connectivity index (χ4n) is 1.25. The molecule has 0 N–H and O–H groups in total. The Morgan fingerprint density at radius 2 is 1.94 bits per heavy atom. The van der Waals surface area contributed by atoms with E-state index in [2.05, 4.69) is 4.99 Å². The van der Waals surface area contributed by atoms with Gasteiger partial charge in [0.15, 0.2) is 5.90 Å². The molecule has 1 rings (SSSR count). The SMILES string of the molecule is CC(=NC(=O)OCc1ccccc1)OC(C)C. The molecule has 0 radical (unpaired) electrons. The zero-order chi connectivity index (χ0) is 12.7. The first kappa shape index (κ1) is 13.2. The van der Waals surface area contributed by atoms with Gasteiger partial charge in [0, 0.05) is 6.92 Å². The minimum atomic E-state index is -0.632. The number of carbonyl (C=O) groups excluding carboxylic acids is 1. The highest BCUT2D eigenvalue weighted by atomic mass is 16.6. The summed E-state index contributed by atoms with van der Waals surface area (Å²) in [4.78, 5) is 15.0. The van der Waals surface area contributed by atoms with Crippen LogP contribution in [0, 0.1) is 0 Å². The molecule has 1 amide bonds. The van der Waals surface area contributed by atoms with E-state index in [9.17, 15) is 4.79 Å². The van der Waals surface area contributed by atoms with Gasteiger partial charge >= 0.3 is 6.09 Å². The molecular weight excluding hydrogens is 218 g/mol. The number of ether oxygens (including phenoxy) is 2. The van der Waals surface area contributed by atoms with E-state index in [1.54, 1.807) is 6.92 Å². The van der Waals surface area contributed by atoms with Crippen molar-refractivity contribution in [3.8, 4) is 0 Å². The number of hydrogen-bond donors (Lipinski definition) is 0. The lowest BCUT2D eigenvalue weighted by Crippen LogP contribution is -2.11. The standard InChI is InChI=1S/C13H17NO3/c1-10(2)17-11(3)14-13(15)16-9-12-7-5-4-6-8-12/h4-8,10H,9H2,1-3H3. The molecule has 0 heterocycles. The van der Waals surface area contributed by atoms with E-state index in [1.807, 2.05) is 44.2 Å². The number of benzene rings is 1. The summed E-state index contributed by atoms with van der Waals surface area (Å²) in [5, 5.41) is 0. The molecule has 4 nitrogen and oxygen atoms in total. The third-order valence-electron chi connectivity index (χ3n) is 1.86. The molecule has 92 valence electrons. The predicted molar refractivity (Wildman–Crippen MR) is 66.0 cm³/mol. The van der Waals surface area contributed by atoms with Crippen molar-refractivity contribution in [1.29, 1.82) is 0 Å². The Bertz CT molecular complexity index is 385. The van der Waals surface area contributed by atoms with Gasteiger partial charge in [0.1, 0.15) is 6.61 Å². The monoisotopic (exact) mass is 235 g/mol. The van der Waals surface area contributed by atoms with Crippen molar-refractivity contribution < 1.29 is 14.3 Å². The molecule has 1 aromatic carbocycles. The summed E-state index contributed by atoms with van der Waals surface area (Å²) < 4.78 is 10.2. The summed E-state index contributed by atoms with van der Waals surface area (Å²) in [5.74, 6) is 0.318. The average molecular weight is 235 g/mol. The molecule has 17 heavy (non-hydrogen) atoms. The Balaban J connectivity index is 2.40. The molecule has 1 aromatic rings. The zero-order valence-corrected chi connectivity index (χ0v) is 10.3. The quantitative estimate of drug-likeness (QED) is 0.597. The van der Waals surface area contributed by atoms with Crippen molar-refractivity contribution in [3.05, 3.63) is 35.9 Å². The second-order valence-corrected chi connectivity index (χ2v) is 3.84. The van der Waals surface area contributed by atoms with Crippen molar-refractivity contribution in [3.63, 3.8) is 0 Å². The van der Waals surface area contributed by atoms with Gasteiger partial charge in [-0.15, -0.1) is 4.99 Å². The van der Waals surface area contributed by atoms with E-state index in [0.29, 0.717) is 5.90 Å². The number of hydrogen-bond acceptors (Lipinski definition) is 3. The van der Waals surface area contributed by atoms with Crippen LogP contribution in [0.1, 0.15) is 26.3 Å². The molecule has 0 fully saturated rings. The van der Waals surface area contributed by atoms with Crippen molar-refractivity contribution >= 4 is 12.0 Å². The van der Waals surface area contributed by atoms with Gasteiger partial charge < -0.3 is 9.47 Å². The third kappa shape index (κ3) is 5.70. The average Bonchev–Trinajstić information content (AvgIpc) is 2.26. The second kappa shape index (κ2) is 6.68. The largest absolute Gasteiger partial charge is 0.478 e. The summed E-state index contributed by atoms with van der Waals surface area (Å²) in [6.45, 7) is 5.59. The van der Waals surface area contributed by atoms with Crippen LogP contribution in [0.4, 0.5) is 4.79 Å². The highest BCUT2D eigenvalue weighted by Gasteiger charge is 2.03. The van der Waals surface area contributed by atoms with Crippen LogP contribution in [0.3, 0.4) is 0 Å². The van der Waals surface area contributed by atoms with Crippen LogP contribution in [0.25, 0.3) is 0 Å². The third-order valence-corrected chi connectivity index (χ3v) is 1.86. The lowest BCUT2D eigenvalue weighted by Gasteiger charge is -2.08.